The van der Waals surface area contributed by atoms with Crippen LogP contribution in [0.15, 0.2) is 33.9 Å². The van der Waals surface area contributed by atoms with E-state index in [1.807, 2.05) is 4.98 Å². The van der Waals surface area contributed by atoms with Crippen molar-refractivity contribution in [1.29, 1.82) is 0 Å². The molecule has 0 aliphatic heterocycles. The maximum Gasteiger partial charge on any atom is 0.335 e. The predicted molar refractivity (Wildman–Crippen MR) is 67.6 cm³/mol. The van der Waals surface area contributed by atoms with Crippen LogP contribution >= 0.6 is 0 Å². The molecule has 1 amide bonds. The van der Waals surface area contributed by atoms with Crippen LogP contribution in [0.5, 0.6) is 5.88 Å². The summed E-state index contributed by atoms with van der Waals surface area (Å²) >= 11 is 0. The SMILES string of the molecule is Cc1cccc(-n2c(O)c(C(N)=O)c(=O)[nH]c2=O)c1. The Morgan fingerprint density at radius 3 is 2.63 bits per heavy atom. The maximum absolute atomic E-state index is 11.7. The molecule has 98 valence electrons. The number of primary amides is 1. The van der Waals surface area contributed by atoms with Gasteiger partial charge >= 0.3 is 5.69 Å². The Kier molecular flexibility index (Phi) is 2.95. The molecular weight excluding hydrogens is 250 g/mol. The molecule has 0 unspecified atom stereocenters. The van der Waals surface area contributed by atoms with Gasteiger partial charge in [-0.25, -0.2) is 9.36 Å². The van der Waals surface area contributed by atoms with Gasteiger partial charge in [0.1, 0.15) is 0 Å². The minimum absolute atomic E-state index is 0.321. The van der Waals surface area contributed by atoms with Gasteiger partial charge in [-0.05, 0) is 24.6 Å². The zero-order valence-corrected chi connectivity index (χ0v) is 10.0. The van der Waals surface area contributed by atoms with E-state index in [4.69, 9.17) is 5.73 Å². The molecule has 0 bridgehead atoms. The van der Waals surface area contributed by atoms with E-state index in [1.165, 1.54) is 0 Å². The summed E-state index contributed by atoms with van der Waals surface area (Å²) in [7, 11) is 0. The third-order valence-electron chi connectivity index (χ3n) is 2.59. The summed E-state index contributed by atoms with van der Waals surface area (Å²) in [4.78, 5) is 36.2. The molecule has 7 heteroatoms. The number of carbonyl (C=O) groups is 1. The molecule has 19 heavy (non-hydrogen) atoms. The van der Waals surface area contributed by atoms with Crippen LogP contribution in [0.1, 0.15) is 15.9 Å². The Morgan fingerprint density at radius 2 is 2.05 bits per heavy atom. The zero-order valence-electron chi connectivity index (χ0n) is 10.0. The van der Waals surface area contributed by atoms with Gasteiger partial charge in [-0.2, -0.15) is 0 Å². The van der Waals surface area contributed by atoms with E-state index in [0.717, 1.165) is 10.1 Å². The van der Waals surface area contributed by atoms with Crippen molar-refractivity contribution in [2.45, 2.75) is 6.92 Å². The first kappa shape index (κ1) is 12.6. The lowest BCUT2D eigenvalue weighted by molar-refractivity contribution is 0.0995. The molecule has 7 nitrogen and oxygen atoms in total. The first-order valence-electron chi connectivity index (χ1n) is 5.37. The van der Waals surface area contributed by atoms with E-state index in [2.05, 4.69) is 0 Å². The number of hydrogen-bond acceptors (Lipinski definition) is 4. The number of benzene rings is 1. The zero-order chi connectivity index (χ0) is 14.2. The van der Waals surface area contributed by atoms with E-state index in [0.29, 0.717) is 5.69 Å². The molecule has 2 aromatic rings. The van der Waals surface area contributed by atoms with Crippen LogP contribution in [-0.4, -0.2) is 20.6 Å². The normalized spacial score (nSPS) is 10.4. The van der Waals surface area contributed by atoms with E-state index in [1.54, 1.807) is 31.2 Å². The lowest BCUT2D eigenvalue weighted by Crippen LogP contribution is -2.34. The number of nitrogens with one attached hydrogen (secondary N) is 1. The number of nitrogens with two attached hydrogens (primary N) is 1. The molecule has 0 aliphatic carbocycles. The highest BCUT2D eigenvalue weighted by molar-refractivity contribution is 5.94. The van der Waals surface area contributed by atoms with Gasteiger partial charge in [-0.1, -0.05) is 12.1 Å². The highest BCUT2D eigenvalue weighted by Gasteiger charge is 2.19. The van der Waals surface area contributed by atoms with Crippen molar-refractivity contribution < 1.29 is 9.90 Å². The summed E-state index contributed by atoms with van der Waals surface area (Å²) in [6, 6.07) is 6.64. The van der Waals surface area contributed by atoms with E-state index < -0.39 is 28.6 Å². The number of H-pyrrole nitrogens is 1. The van der Waals surface area contributed by atoms with Crippen LogP contribution in [0.25, 0.3) is 5.69 Å². The number of amides is 1. The quantitative estimate of drug-likeness (QED) is 0.683. The van der Waals surface area contributed by atoms with Crippen LogP contribution in [0, 0.1) is 6.92 Å². The predicted octanol–water partition coefficient (Wildman–Crippen LogP) is -0.361. The van der Waals surface area contributed by atoms with Gasteiger partial charge in [0.2, 0.25) is 5.88 Å². The molecule has 0 atom stereocenters. The number of carbonyl (C=O) groups excluding carboxylic acids is 1. The monoisotopic (exact) mass is 261 g/mol. The average molecular weight is 261 g/mol. The topological polar surface area (TPSA) is 118 Å². The molecular formula is C12H11N3O4. The summed E-state index contributed by atoms with van der Waals surface area (Å²) in [6.07, 6.45) is 0. The molecule has 4 N–H and O–H groups in total. The minimum atomic E-state index is -1.11. The Labute approximate surface area is 106 Å². The van der Waals surface area contributed by atoms with E-state index in [-0.39, 0.29) is 0 Å². The van der Waals surface area contributed by atoms with Gasteiger partial charge in [-0.3, -0.25) is 14.6 Å². The van der Waals surface area contributed by atoms with Gasteiger partial charge in [0, 0.05) is 0 Å². The van der Waals surface area contributed by atoms with E-state index in [9.17, 15) is 19.5 Å². The lowest BCUT2D eigenvalue weighted by Gasteiger charge is -2.10. The average Bonchev–Trinajstić information content (AvgIpc) is 2.27. The Bertz CT molecular complexity index is 773. The fourth-order valence-electron chi connectivity index (χ4n) is 1.75. The van der Waals surface area contributed by atoms with Gasteiger partial charge < -0.3 is 10.8 Å². The molecule has 1 aromatic carbocycles. The van der Waals surface area contributed by atoms with Crippen molar-refractivity contribution in [3.05, 3.63) is 56.2 Å². The first-order valence-corrected chi connectivity index (χ1v) is 5.37. The number of aromatic nitrogens is 2. The van der Waals surface area contributed by atoms with Crippen molar-refractivity contribution in [2.75, 3.05) is 0 Å². The second-order valence-electron chi connectivity index (χ2n) is 4.00. The van der Waals surface area contributed by atoms with Crippen LogP contribution < -0.4 is 17.0 Å². The second-order valence-corrected chi connectivity index (χ2v) is 4.00. The second kappa shape index (κ2) is 4.45. The number of aromatic amines is 1. The van der Waals surface area contributed by atoms with Crippen molar-refractivity contribution >= 4 is 5.91 Å². The first-order chi connectivity index (χ1) is 8.91. The highest BCUT2D eigenvalue weighted by atomic mass is 16.3. The number of rotatable bonds is 2. The van der Waals surface area contributed by atoms with Crippen molar-refractivity contribution in [3.63, 3.8) is 0 Å². The molecule has 1 aromatic heterocycles. The number of aromatic hydroxyl groups is 1. The largest absolute Gasteiger partial charge is 0.493 e. The standard InChI is InChI=1S/C12H11N3O4/c1-6-3-2-4-7(5-6)15-11(18)8(9(13)16)10(17)14-12(15)19/h2-5,18H,1H3,(H2,13,16)(H,14,17,19). The van der Waals surface area contributed by atoms with Gasteiger partial charge in [-0.15, -0.1) is 0 Å². The molecule has 0 radical (unpaired) electrons. The summed E-state index contributed by atoms with van der Waals surface area (Å²) in [5.41, 5.74) is 3.66. The van der Waals surface area contributed by atoms with Crippen molar-refractivity contribution in [3.8, 4) is 11.6 Å². The highest BCUT2D eigenvalue weighted by Crippen LogP contribution is 2.16. The summed E-state index contributed by atoms with van der Waals surface area (Å²) in [6.45, 7) is 1.80. The van der Waals surface area contributed by atoms with Crippen LogP contribution in [0.2, 0.25) is 0 Å². The summed E-state index contributed by atoms with van der Waals surface area (Å²) in [5.74, 6) is -1.88. The van der Waals surface area contributed by atoms with Gasteiger partial charge in [0.15, 0.2) is 5.56 Å². The summed E-state index contributed by atoms with van der Waals surface area (Å²) in [5, 5.41) is 9.91. The molecule has 0 spiro atoms. The van der Waals surface area contributed by atoms with E-state index >= 15 is 0 Å². The third kappa shape index (κ3) is 2.13. The summed E-state index contributed by atoms with van der Waals surface area (Å²) < 4.78 is 0.814. The molecule has 2 rings (SSSR count). The fraction of sp³-hybridized carbons (Fsp3) is 0.0833. The molecule has 0 aliphatic rings. The lowest BCUT2D eigenvalue weighted by atomic mass is 10.2. The number of nitrogens with zero attached hydrogens (tertiary/aromatic N) is 1. The molecule has 1 heterocycles. The maximum atomic E-state index is 11.7. The van der Waals surface area contributed by atoms with Crippen LogP contribution in [0.4, 0.5) is 0 Å². The van der Waals surface area contributed by atoms with Crippen molar-refractivity contribution in [1.82, 2.24) is 9.55 Å². The van der Waals surface area contributed by atoms with Gasteiger partial charge in [0.05, 0.1) is 5.69 Å². The number of hydrogen-bond donors (Lipinski definition) is 3. The Balaban J connectivity index is 2.85. The molecule has 0 saturated heterocycles. The smallest absolute Gasteiger partial charge is 0.335 e. The van der Waals surface area contributed by atoms with Crippen molar-refractivity contribution in [2.24, 2.45) is 5.73 Å². The number of aryl methyl sites for hydroxylation is 1. The Hall–Kier alpha value is -2.83. The van der Waals surface area contributed by atoms with Crippen LogP contribution in [-0.2, 0) is 0 Å². The minimum Gasteiger partial charge on any atom is -0.493 e. The molecule has 0 saturated carbocycles. The third-order valence-corrected chi connectivity index (χ3v) is 2.59. The van der Waals surface area contributed by atoms with Crippen LogP contribution in [0.3, 0.4) is 0 Å². The Morgan fingerprint density at radius 1 is 1.37 bits per heavy atom. The van der Waals surface area contributed by atoms with Gasteiger partial charge in [0.25, 0.3) is 11.5 Å². The fourth-order valence-corrected chi connectivity index (χ4v) is 1.75. The molecule has 0 fully saturated rings.